The van der Waals surface area contributed by atoms with E-state index in [1.807, 2.05) is 0 Å². The van der Waals surface area contributed by atoms with Crippen molar-refractivity contribution in [2.45, 2.75) is 38.3 Å². The molecule has 2 fully saturated rings. The van der Waals surface area contributed by atoms with Gasteiger partial charge in [-0.25, -0.2) is 0 Å². The Bertz CT molecular complexity index is 169. The van der Waals surface area contributed by atoms with Crippen molar-refractivity contribution in [3.05, 3.63) is 0 Å². The normalized spacial score (nSPS) is 34.9. The van der Waals surface area contributed by atoms with Crippen molar-refractivity contribution in [3.63, 3.8) is 0 Å². The molecule has 0 radical (unpaired) electrons. The molecule has 1 aliphatic carbocycles. The third-order valence-electron chi connectivity index (χ3n) is 3.46. The maximum atomic E-state index is 5.38. The second kappa shape index (κ2) is 5.10. The van der Waals surface area contributed by atoms with Gasteiger partial charge in [-0.05, 0) is 25.8 Å². The van der Waals surface area contributed by atoms with Gasteiger partial charge in [0.25, 0.3) is 0 Å². The van der Waals surface area contributed by atoms with Gasteiger partial charge in [0.1, 0.15) is 0 Å². The van der Waals surface area contributed by atoms with Crippen LogP contribution in [0.25, 0.3) is 0 Å². The van der Waals surface area contributed by atoms with Crippen molar-refractivity contribution >= 4 is 0 Å². The minimum Gasteiger partial charge on any atom is -0.379 e. The van der Waals surface area contributed by atoms with E-state index in [9.17, 15) is 0 Å². The molecule has 14 heavy (non-hydrogen) atoms. The van der Waals surface area contributed by atoms with Crippen molar-refractivity contribution in [2.24, 2.45) is 0 Å². The van der Waals surface area contributed by atoms with Crippen molar-refractivity contribution in [3.8, 4) is 0 Å². The second-order valence-electron chi connectivity index (χ2n) is 4.37. The van der Waals surface area contributed by atoms with Crippen LogP contribution in [-0.4, -0.2) is 49.8 Å². The molecular formula is C11H22N2O. The highest BCUT2D eigenvalue weighted by molar-refractivity contribution is 4.87. The Morgan fingerprint density at radius 1 is 1.29 bits per heavy atom. The van der Waals surface area contributed by atoms with Gasteiger partial charge in [-0.2, -0.15) is 0 Å². The largest absolute Gasteiger partial charge is 0.379 e. The lowest BCUT2D eigenvalue weighted by Crippen LogP contribution is -2.43. The number of ether oxygens (including phenoxy) is 1. The monoisotopic (exact) mass is 198 g/mol. The summed E-state index contributed by atoms with van der Waals surface area (Å²) >= 11 is 0. The van der Waals surface area contributed by atoms with Gasteiger partial charge in [0, 0.05) is 25.2 Å². The molecule has 1 N–H and O–H groups in total. The molecule has 2 rings (SSSR count). The van der Waals surface area contributed by atoms with Gasteiger partial charge in [-0.1, -0.05) is 6.92 Å². The van der Waals surface area contributed by atoms with Gasteiger partial charge in [0.15, 0.2) is 0 Å². The fourth-order valence-electron chi connectivity index (χ4n) is 2.71. The van der Waals surface area contributed by atoms with E-state index >= 15 is 0 Å². The summed E-state index contributed by atoms with van der Waals surface area (Å²) in [5.41, 5.74) is 0. The highest BCUT2D eigenvalue weighted by Crippen LogP contribution is 2.24. The molecular weight excluding hydrogens is 176 g/mol. The molecule has 82 valence electrons. The van der Waals surface area contributed by atoms with E-state index in [0.717, 1.165) is 44.9 Å². The first-order valence-corrected chi connectivity index (χ1v) is 5.95. The van der Waals surface area contributed by atoms with E-state index < -0.39 is 0 Å². The molecule has 1 heterocycles. The summed E-state index contributed by atoms with van der Waals surface area (Å²) in [5, 5.41) is 3.56. The second-order valence-corrected chi connectivity index (χ2v) is 4.37. The van der Waals surface area contributed by atoms with Gasteiger partial charge in [0.2, 0.25) is 0 Å². The summed E-state index contributed by atoms with van der Waals surface area (Å²) in [7, 11) is 0. The number of hydrogen-bond acceptors (Lipinski definition) is 3. The van der Waals surface area contributed by atoms with Crippen LogP contribution in [0.2, 0.25) is 0 Å². The summed E-state index contributed by atoms with van der Waals surface area (Å²) in [6.45, 7) is 7.46. The zero-order valence-electron chi connectivity index (χ0n) is 9.17. The van der Waals surface area contributed by atoms with Crippen LogP contribution in [-0.2, 0) is 4.74 Å². The molecule has 0 aromatic heterocycles. The van der Waals surface area contributed by atoms with Crippen LogP contribution in [0, 0.1) is 0 Å². The third-order valence-corrected chi connectivity index (χ3v) is 3.46. The van der Waals surface area contributed by atoms with Crippen LogP contribution in [0.1, 0.15) is 26.2 Å². The first kappa shape index (κ1) is 10.4. The predicted octanol–water partition coefficient (Wildman–Crippen LogP) is 0.849. The lowest BCUT2D eigenvalue weighted by atomic mass is 10.2. The smallest absolute Gasteiger partial charge is 0.0594 e. The van der Waals surface area contributed by atoms with E-state index in [1.54, 1.807) is 0 Å². The first-order chi connectivity index (χ1) is 6.90. The van der Waals surface area contributed by atoms with E-state index in [0.29, 0.717) is 0 Å². The molecule has 1 saturated heterocycles. The van der Waals surface area contributed by atoms with Crippen molar-refractivity contribution in [1.29, 1.82) is 0 Å². The average molecular weight is 198 g/mol. The summed E-state index contributed by atoms with van der Waals surface area (Å²) in [4.78, 5) is 2.61. The van der Waals surface area contributed by atoms with E-state index in [2.05, 4.69) is 17.1 Å². The molecule has 0 aromatic rings. The molecule has 2 atom stereocenters. The Labute approximate surface area is 86.8 Å². The molecule has 2 unspecified atom stereocenters. The van der Waals surface area contributed by atoms with Crippen LogP contribution < -0.4 is 5.32 Å². The van der Waals surface area contributed by atoms with Crippen LogP contribution in [0.15, 0.2) is 0 Å². The van der Waals surface area contributed by atoms with E-state index in [1.165, 1.54) is 19.3 Å². The Hall–Kier alpha value is -0.120. The number of nitrogens with one attached hydrogen (secondary N) is 1. The standard InChI is InChI=1S/C11H22N2O/c1-2-12-10-3-4-11(9-10)13-5-7-14-8-6-13/h10-12H,2-9H2,1H3. The number of rotatable bonds is 3. The van der Waals surface area contributed by atoms with Crippen molar-refractivity contribution < 1.29 is 4.74 Å². The molecule has 0 aromatic carbocycles. The van der Waals surface area contributed by atoms with Crippen LogP contribution in [0.4, 0.5) is 0 Å². The Balaban J connectivity index is 1.76. The summed E-state index contributed by atoms with van der Waals surface area (Å²) in [6.07, 6.45) is 4.07. The predicted molar refractivity (Wildman–Crippen MR) is 57.5 cm³/mol. The molecule has 2 aliphatic rings. The number of hydrogen-bond donors (Lipinski definition) is 1. The lowest BCUT2D eigenvalue weighted by molar-refractivity contribution is 0.0176. The highest BCUT2D eigenvalue weighted by Gasteiger charge is 2.29. The van der Waals surface area contributed by atoms with Gasteiger partial charge in [0.05, 0.1) is 13.2 Å². The fourth-order valence-corrected chi connectivity index (χ4v) is 2.71. The SMILES string of the molecule is CCNC1CCC(N2CCOCC2)C1. The third kappa shape index (κ3) is 2.47. The van der Waals surface area contributed by atoms with Crippen LogP contribution in [0.3, 0.4) is 0 Å². The van der Waals surface area contributed by atoms with Crippen LogP contribution in [0.5, 0.6) is 0 Å². The minimum absolute atomic E-state index is 0.771. The lowest BCUT2D eigenvalue weighted by Gasteiger charge is -2.32. The molecule has 0 amide bonds. The summed E-state index contributed by atoms with van der Waals surface area (Å²) < 4.78 is 5.38. The molecule has 3 nitrogen and oxygen atoms in total. The van der Waals surface area contributed by atoms with Gasteiger partial charge >= 0.3 is 0 Å². The van der Waals surface area contributed by atoms with E-state index in [-0.39, 0.29) is 0 Å². The average Bonchev–Trinajstić information content (AvgIpc) is 2.68. The zero-order chi connectivity index (χ0) is 9.80. The Morgan fingerprint density at radius 2 is 2.07 bits per heavy atom. The molecule has 1 saturated carbocycles. The number of nitrogens with zero attached hydrogens (tertiary/aromatic N) is 1. The summed E-state index contributed by atoms with van der Waals surface area (Å²) in [5.74, 6) is 0. The zero-order valence-corrected chi connectivity index (χ0v) is 9.17. The first-order valence-electron chi connectivity index (χ1n) is 5.95. The van der Waals surface area contributed by atoms with Gasteiger partial charge in [-0.3, -0.25) is 4.90 Å². The maximum absolute atomic E-state index is 5.38. The quantitative estimate of drug-likeness (QED) is 0.727. The minimum atomic E-state index is 0.771. The number of morpholine rings is 1. The highest BCUT2D eigenvalue weighted by atomic mass is 16.5. The molecule has 0 bridgehead atoms. The molecule has 3 heteroatoms. The maximum Gasteiger partial charge on any atom is 0.0594 e. The fraction of sp³-hybridized carbons (Fsp3) is 1.00. The van der Waals surface area contributed by atoms with Crippen LogP contribution >= 0.6 is 0 Å². The van der Waals surface area contributed by atoms with Gasteiger partial charge < -0.3 is 10.1 Å². The topological polar surface area (TPSA) is 24.5 Å². The van der Waals surface area contributed by atoms with Crippen molar-refractivity contribution in [2.75, 3.05) is 32.8 Å². The van der Waals surface area contributed by atoms with Crippen molar-refractivity contribution in [1.82, 2.24) is 10.2 Å². The molecule has 1 aliphatic heterocycles. The van der Waals surface area contributed by atoms with E-state index in [4.69, 9.17) is 4.74 Å². The Morgan fingerprint density at radius 3 is 2.79 bits per heavy atom. The molecule has 0 spiro atoms. The van der Waals surface area contributed by atoms with Gasteiger partial charge in [-0.15, -0.1) is 0 Å². The Kier molecular flexibility index (Phi) is 3.79. The summed E-state index contributed by atoms with van der Waals surface area (Å²) in [6, 6.07) is 1.59.